The van der Waals surface area contributed by atoms with Crippen LogP contribution < -0.4 is 10.9 Å². The van der Waals surface area contributed by atoms with Crippen LogP contribution in [0, 0.1) is 12.7 Å². The van der Waals surface area contributed by atoms with Crippen molar-refractivity contribution in [1.82, 2.24) is 9.97 Å². The summed E-state index contributed by atoms with van der Waals surface area (Å²) in [7, 11) is 0. The van der Waals surface area contributed by atoms with Crippen LogP contribution in [-0.4, -0.2) is 9.97 Å². The van der Waals surface area contributed by atoms with Gasteiger partial charge in [0.25, 0.3) is 5.56 Å². The first-order chi connectivity index (χ1) is 13.4. The highest BCUT2D eigenvalue weighted by Crippen LogP contribution is 2.29. The van der Waals surface area contributed by atoms with Crippen molar-refractivity contribution in [2.75, 3.05) is 5.32 Å². The predicted molar refractivity (Wildman–Crippen MR) is 114 cm³/mol. The van der Waals surface area contributed by atoms with Crippen molar-refractivity contribution in [2.45, 2.75) is 19.9 Å². The summed E-state index contributed by atoms with van der Waals surface area (Å²) in [5.74, 6) is 0.111. The Morgan fingerprint density at radius 2 is 2.07 bits per heavy atom. The van der Waals surface area contributed by atoms with Crippen molar-refractivity contribution in [2.24, 2.45) is 0 Å². The molecule has 0 bridgehead atoms. The molecule has 3 heterocycles. The Labute approximate surface area is 170 Å². The number of pyridine rings is 2. The van der Waals surface area contributed by atoms with E-state index >= 15 is 0 Å². The number of aromatic amines is 1. The van der Waals surface area contributed by atoms with Gasteiger partial charge in [0.1, 0.15) is 11.6 Å². The van der Waals surface area contributed by atoms with Gasteiger partial charge in [-0.2, -0.15) is 11.3 Å². The molecule has 4 aromatic rings. The number of thiophene rings is 1. The summed E-state index contributed by atoms with van der Waals surface area (Å²) in [6, 6.07) is 8.05. The minimum Gasteiger partial charge on any atom is -0.363 e. The Bertz CT molecular complexity index is 1230. The van der Waals surface area contributed by atoms with Crippen LogP contribution in [0.5, 0.6) is 0 Å². The van der Waals surface area contributed by atoms with Crippen molar-refractivity contribution in [3.05, 3.63) is 79.6 Å². The Morgan fingerprint density at radius 1 is 1.25 bits per heavy atom. The highest BCUT2D eigenvalue weighted by molar-refractivity contribution is 7.08. The summed E-state index contributed by atoms with van der Waals surface area (Å²) < 4.78 is 14.0. The van der Waals surface area contributed by atoms with Gasteiger partial charge in [0.2, 0.25) is 0 Å². The van der Waals surface area contributed by atoms with Gasteiger partial charge in [-0.25, -0.2) is 9.37 Å². The first-order valence-electron chi connectivity index (χ1n) is 8.70. The number of H-pyrrole nitrogens is 1. The minimum atomic E-state index is -0.549. The second-order valence-electron chi connectivity index (χ2n) is 6.67. The molecule has 0 fully saturated rings. The van der Waals surface area contributed by atoms with Crippen LogP contribution in [0.2, 0.25) is 5.02 Å². The van der Waals surface area contributed by atoms with Crippen molar-refractivity contribution in [3.63, 3.8) is 0 Å². The van der Waals surface area contributed by atoms with E-state index < -0.39 is 5.82 Å². The lowest BCUT2D eigenvalue weighted by atomic mass is 10.1. The van der Waals surface area contributed by atoms with Crippen molar-refractivity contribution in [3.8, 4) is 11.1 Å². The van der Waals surface area contributed by atoms with Crippen LogP contribution in [-0.2, 0) is 0 Å². The third-order valence-electron chi connectivity index (χ3n) is 4.65. The highest BCUT2D eigenvalue weighted by atomic mass is 35.5. The number of fused-ring (bicyclic) bond motifs is 1. The first kappa shape index (κ1) is 18.7. The summed E-state index contributed by atoms with van der Waals surface area (Å²) in [6.07, 6.45) is 1.74. The van der Waals surface area contributed by atoms with Crippen LogP contribution in [0.4, 0.5) is 10.2 Å². The lowest BCUT2D eigenvalue weighted by Gasteiger charge is -2.15. The van der Waals surface area contributed by atoms with E-state index in [0.717, 1.165) is 11.1 Å². The van der Waals surface area contributed by atoms with E-state index in [-0.39, 0.29) is 22.1 Å². The van der Waals surface area contributed by atoms with Crippen molar-refractivity contribution >= 4 is 39.7 Å². The zero-order chi connectivity index (χ0) is 19.8. The molecule has 0 aliphatic carbocycles. The number of hydrogen-bond acceptors (Lipinski definition) is 4. The number of nitrogens with one attached hydrogen (secondary N) is 2. The maximum atomic E-state index is 14.0. The van der Waals surface area contributed by atoms with Crippen LogP contribution in [0.25, 0.3) is 22.0 Å². The lowest BCUT2D eigenvalue weighted by Crippen LogP contribution is -2.20. The van der Waals surface area contributed by atoms with Gasteiger partial charge < -0.3 is 10.3 Å². The number of benzene rings is 1. The lowest BCUT2D eigenvalue weighted by molar-refractivity contribution is 0.636. The fourth-order valence-electron chi connectivity index (χ4n) is 3.21. The second kappa shape index (κ2) is 7.37. The molecule has 142 valence electrons. The summed E-state index contributed by atoms with van der Waals surface area (Å²) in [6.45, 7) is 3.93. The molecule has 7 heteroatoms. The summed E-state index contributed by atoms with van der Waals surface area (Å²) in [4.78, 5) is 19.5. The summed E-state index contributed by atoms with van der Waals surface area (Å²) in [5, 5.41) is 8.29. The molecule has 0 spiro atoms. The molecule has 28 heavy (non-hydrogen) atoms. The minimum absolute atomic E-state index is 0.151. The molecule has 1 aromatic carbocycles. The zero-order valence-corrected chi connectivity index (χ0v) is 16.8. The van der Waals surface area contributed by atoms with Crippen LogP contribution in [0.1, 0.15) is 24.1 Å². The van der Waals surface area contributed by atoms with Gasteiger partial charge in [-0.15, -0.1) is 0 Å². The number of hydrogen-bond donors (Lipinski definition) is 2. The van der Waals surface area contributed by atoms with Crippen LogP contribution >= 0.6 is 22.9 Å². The highest BCUT2D eigenvalue weighted by Gasteiger charge is 2.14. The SMILES string of the molecule is Cc1cscc1-c1ccnc(NC(C)c2cc3cc(Cl)cc(F)c3[nH]c2=O)c1. The summed E-state index contributed by atoms with van der Waals surface area (Å²) >= 11 is 7.60. The molecule has 0 saturated carbocycles. The number of halogens is 2. The molecule has 1 atom stereocenters. The van der Waals surface area contributed by atoms with Gasteiger partial charge in [0.15, 0.2) is 0 Å². The number of rotatable bonds is 4. The van der Waals surface area contributed by atoms with Gasteiger partial charge in [-0.3, -0.25) is 4.79 Å². The molecule has 3 aromatic heterocycles. The van der Waals surface area contributed by atoms with Crippen LogP contribution in [0.15, 0.2) is 52.1 Å². The van der Waals surface area contributed by atoms with Gasteiger partial charge in [0, 0.05) is 22.2 Å². The Balaban J connectivity index is 1.67. The molecule has 0 aliphatic rings. The number of aryl methyl sites for hydroxylation is 1. The molecule has 2 N–H and O–H groups in total. The fourth-order valence-corrected chi connectivity index (χ4v) is 4.28. The third kappa shape index (κ3) is 3.53. The monoisotopic (exact) mass is 413 g/mol. The van der Waals surface area contributed by atoms with E-state index in [9.17, 15) is 9.18 Å². The predicted octanol–water partition coefficient (Wildman–Crippen LogP) is 5.93. The molecule has 4 rings (SSSR count). The molecular formula is C21H17ClFN3OS. The van der Waals surface area contributed by atoms with E-state index in [2.05, 4.69) is 33.0 Å². The topological polar surface area (TPSA) is 57.8 Å². The fraction of sp³-hybridized carbons (Fsp3) is 0.143. The van der Waals surface area contributed by atoms with Gasteiger partial charge in [-0.05, 0) is 71.6 Å². The molecule has 4 nitrogen and oxygen atoms in total. The standard InChI is InChI=1S/C21H17ClFN3OS/c1-11-9-28-10-17(11)13-3-4-24-19(7-13)25-12(2)16-6-14-5-15(22)8-18(23)20(14)26-21(16)27/h3-10,12H,1-2H3,(H,24,25)(H,26,27). The van der Waals surface area contributed by atoms with Crippen molar-refractivity contribution < 1.29 is 4.39 Å². The number of aromatic nitrogens is 2. The van der Waals surface area contributed by atoms with Crippen LogP contribution in [0.3, 0.4) is 0 Å². The maximum absolute atomic E-state index is 14.0. The molecular weight excluding hydrogens is 397 g/mol. The molecule has 0 radical (unpaired) electrons. The molecule has 0 amide bonds. The van der Waals surface area contributed by atoms with Gasteiger partial charge in [0.05, 0.1) is 11.6 Å². The average Bonchev–Trinajstić information content (AvgIpc) is 3.08. The Kier molecular flexibility index (Phi) is 4.91. The zero-order valence-electron chi connectivity index (χ0n) is 15.2. The molecule has 0 saturated heterocycles. The van der Waals surface area contributed by atoms with Crippen molar-refractivity contribution in [1.29, 1.82) is 0 Å². The smallest absolute Gasteiger partial charge is 0.253 e. The van der Waals surface area contributed by atoms with Gasteiger partial charge >= 0.3 is 0 Å². The van der Waals surface area contributed by atoms with E-state index in [4.69, 9.17) is 11.6 Å². The number of anilines is 1. The van der Waals surface area contributed by atoms with E-state index in [1.54, 1.807) is 29.7 Å². The first-order valence-corrected chi connectivity index (χ1v) is 10.0. The molecule has 1 unspecified atom stereocenters. The summed E-state index contributed by atoms with van der Waals surface area (Å²) in [5.41, 5.74) is 3.71. The van der Waals surface area contributed by atoms with E-state index in [0.29, 0.717) is 16.8 Å². The van der Waals surface area contributed by atoms with E-state index in [1.807, 2.05) is 19.1 Å². The number of nitrogens with zero attached hydrogens (tertiary/aromatic N) is 1. The quantitative estimate of drug-likeness (QED) is 0.436. The second-order valence-corrected chi connectivity index (χ2v) is 7.85. The van der Waals surface area contributed by atoms with E-state index in [1.165, 1.54) is 11.6 Å². The Morgan fingerprint density at radius 3 is 2.82 bits per heavy atom. The maximum Gasteiger partial charge on any atom is 0.253 e. The largest absolute Gasteiger partial charge is 0.363 e. The molecule has 0 aliphatic heterocycles. The normalized spacial score (nSPS) is 12.3. The average molecular weight is 414 g/mol. The Hall–Kier alpha value is -2.70. The van der Waals surface area contributed by atoms with Gasteiger partial charge in [-0.1, -0.05) is 11.6 Å². The third-order valence-corrected chi connectivity index (χ3v) is 5.73.